The molecule has 2 rings (SSSR count). The quantitative estimate of drug-likeness (QED) is 0.810. The molecule has 100 valence electrons. The van der Waals surface area contributed by atoms with Crippen LogP contribution in [0.3, 0.4) is 0 Å². The zero-order valence-corrected chi connectivity index (χ0v) is 11.2. The fourth-order valence-electron chi connectivity index (χ4n) is 3.15. The molecule has 0 radical (unpaired) electrons. The van der Waals surface area contributed by atoms with Gasteiger partial charge in [-0.1, -0.05) is 0 Å². The van der Waals surface area contributed by atoms with E-state index in [1.807, 2.05) is 11.9 Å². The normalized spacial score (nSPS) is 32.9. The molecule has 1 amide bonds. The van der Waals surface area contributed by atoms with Gasteiger partial charge in [0, 0.05) is 19.0 Å². The van der Waals surface area contributed by atoms with E-state index in [2.05, 4.69) is 11.4 Å². The van der Waals surface area contributed by atoms with Crippen LogP contribution in [0.25, 0.3) is 0 Å². The van der Waals surface area contributed by atoms with Gasteiger partial charge in [-0.05, 0) is 52.0 Å². The molecule has 1 saturated carbocycles. The Morgan fingerprint density at radius 3 is 2.39 bits per heavy atom. The second kappa shape index (κ2) is 5.71. The Hall–Kier alpha value is -1.08. The van der Waals surface area contributed by atoms with Gasteiger partial charge in [0.2, 0.25) is 5.91 Å². The largest absolute Gasteiger partial charge is 0.342 e. The highest BCUT2D eigenvalue weighted by Crippen LogP contribution is 2.33. The molecule has 4 nitrogen and oxygen atoms in total. The molecule has 1 aliphatic carbocycles. The lowest BCUT2D eigenvalue weighted by Crippen LogP contribution is -2.48. The van der Waals surface area contributed by atoms with Gasteiger partial charge in [0.05, 0.1) is 6.07 Å². The first-order valence-electron chi connectivity index (χ1n) is 7.10. The number of likely N-dealkylation sites (tertiary alicyclic amines) is 1. The van der Waals surface area contributed by atoms with Crippen molar-refractivity contribution in [2.24, 2.45) is 5.92 Å². The summed E-state index contributed by atoms with van der Waals surface area (Å²) < 4.78 is 0. The van der Waals surface area contributed by atoms with E-state index in [0.29, 0.717) is 5.91 Å². The molecule has 0 atom stereocenters. The van der Waals surface area contributed by atoms with Gasteiger partial charge in [-0.25, -0.2) is 0 Å². The lowest BCUT2D eigenvalue weighted by atomic mass is 9.76. The van der Waals surface area contributed by atoms with Crippen molar-refractivity contribution in [1.29, 1.82) is 5.26 Å². The molecule has 0 aromatic heterocycles. The van der Waals surface area contributed by atoms with E-state index in [9.17, 15) is 10.1 Å². The third kappa shape index (κ3) is 2.67. The Morgan fingerprint density at radius 2 is 1.89 bits per heavy atom. The monoisotopic (exact) mass is 249 g/mol. The van der Waals surface area contributed by atoms with Gasteiger partial charge in [-0.15, -0.1) is 0 Å². The molecule has 0 aromatic carbocycles. The van der Waals surface area contributed by atoms with Crippen molar-refractivity contribution in [3.05, 3.63) is 0 Å². The van der Waals surface area contributed by atoms with Crippen LogP contribution in [-0.2, 0) is 4.79 Å². The van der Waals surface area contributed by atoms with E-state index < -0.39 is 5.54 Å². The van der Waals surface area contributed by atoms with Crippen LogP contribution in [-0.4, -0.2) is 36.5 Å². The molecule has 2 fully saturated rings. The van der Waals surface area contributed by atoms with Crippen LogP contribution in [0.2, 0.25) is 0 Å². The summed E-state index contributed by atoms with van der Waals surface area (Å²) in [7, 11) is 1.84. The van der Waals surface area contributed by atoms with Crippen LogP contribution in [0.1, 0.15) is 44.9 Å². The predicted octanol–water partition coefficient (Wildman–Crippen LogP) is 1.67. The molecule has 1 saturated heterocycles. The standard InChI is InChI=1S/C14H23N3O/c1-16-14(11-15)7-5-12(6-8-14)13(18)17-9-3-2-4-10-17/h12,16H,2-10H2,1H3. The minimum Gasteiger partial charge on any atom is -0.342 e. The van der Waals surface area contributed by atoms with E-state index in [1.165, 1.54) is 6.42 Å². The fraction of sp³-hybridized carbons (Fsp3) is 0.857. The van der Waals surface area contributed by atoms with Gasteiger partial charge in [0.1, 0.15) is 5.54 Å². The first-order valence-corrected chi connectivity index (χ1v) is 7.10. The van der Waals surface area contributed by atoms with Crippen LogP contribution in [0.15, 0.2) is 0 Å². The second-order valence-corrected chi connectivity index (χ2v) is 5.60. The SMILES string of the molecule is CNC1(C#N)CCC(C(=O)N2CCCCC2)CC1. The van der Waals surface area contributed by atoms with Crippen molar-refractivity contribution < 1.29 is 4.79 Å². The van der Waals surface area contributed by atoms with Crippen LogP contribution in [0, 0.1) is 17.2 Å². The van der Waals surface area contributed by atoms with E-state index >= 15 is 0 Å². The first kappa shape index (κ1) is 13.4. The molecule has 0 spiro atoms. The summed E-state index contributed by atoms with van der Waals surface area (Å²) in [5.41, 5.74) is -0.390. The molecule has 0 aromatic rings. The van der Waals surface area contributed by atoms with Gasteiger partial charge in [-0.3, -0.25) is 4.79 Å². The van der Waals surface area contributed by atoms with Gasteiger partial charge in [0.25, 0.3) is 0 Å². The Morgan fingerprint density at radius 1 is 1.28 bits per heavy atom. The average molecular weight is 249 g/mol. The van der Waals surface area contributed by atoms with Gasteiger partial charge in [0.15, 0.2) is 0 Å². The number of carbonyl (C=O) groups is 1. The van der Waals surface area contributed by atoms with Crippen molar-refractivity contribution in [3.8, 4) is 6.07 Å². The van der Waals surface area contributed by atoms with Crippen LogP contribution < -0.4 is 5.32 Å². The third-order valence-electron chi connectivity index (χ3n) is 4.55. The molecule has 1 heterocycles. The number of piperidine rings is 1. The Bertz CT molecular complexity index is 333. The average Bonchev–Trinajstić information content (AvgIpc) is 2.47. The summed E-state index contributed by atoms with van der Waals surface area (Å²) in [5, 5.41) is 12.3. The highest BCUT2D eigenvalue weighted by atomic mass is 16.2. The number of hydrogen-bond acceptors (Lipinski definition) is 3. The molecule has 2 aliphatic rings. The lowest BCUT2D eigenvalue weighted by Gasteiger charge is -2.37. The summed E-state index contributed by atoms with van der Waals surface area (Å²) in [5.74, 6) is 0.482. The van der Waals surface area contributed by atoms with Crippen molar-refractivity contribution in [1.82, 2.24) is 10.2 Å². The predicted molar refractivity (Wildman–Crippen MR) is 69.8 cm³/mol. The van der Waals surface area contributed by atoms with E-state index in [1.54, 1.807) is 0 Å². The van der Waals surface area contributed by atoms with E-state index in [4.69, 9.17) is 0 Å². The maximum atomic E-state index is 12.4. The molecule has 0 bridgehead atoms. The minimum atomic E-state index is -0.390. The minimum absolute atomic E-state index is 0.151. The Labute approximate surface area is 109 Å². The number of nitrogens with one attached hydrogen (secondary N) is 1. The summed E-state index contributed by atoms with van der Waals surface area (Å²) in [6, 6.07) is 2.37. The van der Waals surface area contributed by atoms with Crippen LogP contribution in [0.4, 0.5) is 0 Å². The third-order valence-corrected chi connectivity index (χ3v) is 4.55. The summed E-state index contributed by atoms with van der Waals surface area (Å²) in [6.45, 7) is 1.87. The van der Waals surface area contributed by atoms with Gasteiger partial charge < -0.3 is 10.2 Å². The molecule has 18 heavy (non-hydrogen) atoms. The number of amides is 1. The van der Waals surface area contributed by atoms with E-state index in [-0.39, 0.29) is 5.92 Å². The molecular weight excluding hydrogens is 226 g/mol. The number of rotatable bonds is 2. The van der Waals surface area contributed by atoms with Crippen molar-refractivity contribution >= 4 is 5.91 Å². The van der Waals surface area contributed by atoms with Gasteiger partial charge in [-0.2, -0.15) is 5.26 Å². The lowest BCUT2D eigenvalue weighted by molar-refractivity contribution is -0.137. The zero-order valence-electron chi connectivity index (χ0n) is 11.2. The molecule has 1 N–H and O–H groups in total. The first-order chi connectivity index (χ1) is 8.71. The van der Waals surface area contributed by atoms with Crippen molar-refractivity contribution in [2.75, 3.05) is 20.1 Å². The molecule has 0 unspecified atom stereocenters. The van der Waals surface area contributed by atoms with E-state index in [0.717, 1.165) is 51.6 Å². The highest BCUT2D eigenvalue weighted by Gasteiger charge is 2.37. The highest BCUT2D eigenvalue weighted by molar-refractivity contribution is 5.79. The zero-order chi connectivity index (χ0) is 13.0. The number of nitrogens with zero attached hydrogens (tertiary/aromatic N) is 2. The number of hydrogen-bond donors (Lipinski definition) is 1. The summed E-state index contributed by atoms with van der Waals surface area (Å²) in [4.78, 5) is 14.4. The molecular formula is C14H23N3O. The van der Waals surface area contributed by atoms with Crippen LogP contribution >= 0.6 is 0 Å². The summed E-state index contributed by atoms with van der Waals surface area (Å²) in [6.07, 6.45) is 6.85. The van der Waals surface area contributed by atoms with Gasteiger partial charge >= 0.3 is 0 Å². The maximum Gasteiger partial charge on any atom is 0.225 e. The topological polar surface area (TPSA) is 56.1 Å². The number of carbonyl (C=O) groups excluding carboxylic acids is 1. The Balaban J connectivity index is 1.89. The fourth-order valence-corrected chi connectivity index (χ4v) is 3.15. The maximum absolute atomic E-state index is 12.4. The molecule has 1 aliphatic heterocycles. The summed E-state index contributed by atoms with van der Waals surface area (Å²) >= 11 is 0. The van der Waals surface area contributed by atoms with Crippen molar-refractivity contribution in [2.45, 2.75) is 50.5 Å². The molecule has 4 heteroatoms. The second-order valence-electron chi connectivity index (χ2n) is 5.60. The van der Waals surface area contributed by atoms with Crippen molar-refractivity contribution in [3.63, 3.8) is 0 Å². The smallest absolute Gasteiger partial charge is 0.225 e. The Kier molecular flexibility index (Phi) is 4.23. The van der Waals surface area contributed by atoms with Crippen LogP contribution in [0.5, 0.6) is 0 Å². The number of nitriles is 1.